The van der Waals surface area contributed by atoms with Gasteiger partial charge in [-0.1, -0.05) is 36.0 Å². The number of amides is 1. The van der Waals surface area contributed by atoms with Crippen LogP contribution in [0.2, 0.25) is 0 Å². The number of Topliss-reactive ketones (excluding diaryl/α,β-unsaturated/α-hetero) is 1. The second-order valence-corrected chi connectivity index (χ2v) is 7.96. The third-order valence-corrected chi connectivity index (χ3v) is 6.01. The van der Waals surface area contributed by atoms with E-state index in [1.165, 1.54) is 29.8 Å². The predicted molar refractivity (Wildman–Crippen MR) is 107 cm³/mol. The lowest BCUT2D eigenvalue weighted by Crippen LogP contribution is -2.34. The molecule has 0 saturated heterocycles. The molecule has 1 atom stereocenters. The average molecular weight is 384 g/mol. The molecule has 1 heterocycles. The van der Waals surface area contributed by atoms with Crippen LogP contribution in [0.3, 0.4) is 0 Å². The maximum atomic E-state index is 12.9. The first-order chi connectivity index (χ1) is 12.9. The highest BCUT2D eigenvalue weighted by Gasteiger charge is 2.27. The minimum Gasteiger partial charge on any atom is -0.338 e. The van der Waals surface area contributed by atoms with Crippen molar-refractivity contribution in [2.45, 2.75) is 51.1 Å². The SMILES string of the molecule is CC(=O)c1c(C)nc(C)nc1SCC(=O)N(C)[C@H]1CCCc2ccccc21. The summed E-state index contributed by atoms with van der Waals surface area (Å²) in [4.78, 5) is 35.3. The largest absolute Gasteiger partial charge is 0.338 e. The molecule has 1 aliphatic carbocycles. The Morgan fingerprint density at radius 3 is 2.70 bits per heavy atom. The molecule has 5 nitrogen and oxygen atoms in total. The van der Waals surface area contributed by atoms with E-state index in [-0.39, 0.29) is 23.5 Å². The Kier molecular flexibility index (Phi) is 5.95. The highest BCUT2D eigenvalue weighted by Crippen LogP contribution is 2.34. The number of aromatic nitrogens is 2. The fraction of sp³-hybridized carbons (Fsp3) is 0.429. The predicted octanol–water partition coefficient (Wildman–Crippen LogP) is 3.92. The van der Waals surface area contributed by atoms with Crippen LogP contribution in [0.15, 0.2) is 29.3 Å². The number of aryl methyl sites for hydroxylation is 3. The van der Waals surface area contributed by atoms with E-state index in [4.69, 9.17) is 0 Å². The first-order valence-corrected chi connectivity index (χ1v) is 10.2. The summed E-state index contributed by atoms with van der Waals surface area (Å²) >= 11 is 1.32. The van der Waals surface area contributed by atoms with E-state index in [2.05, 4.69) is 28.2 Å². The van der Waals surface area contributed by atoms with Crippen LogP contribution in [-0.2, 0) is 11.2 Å². The molecule has 0 N–H and O–H groups in total. The van der Waals surface area contributed by atoms with E-state index in [0.717, 1.165) is 19.3 Å². The van der Waals surface area contributed by atoms with Gasteiger partial charge in [-0.05, 0) is 51.2 Å². The number of benzene rings is 1. The van der Waals surface area contributed by atoms with Gasteiger partial charge < -0.3 is 4.90 Å². The zero-order valence-corrected chi connectivity index (χ0v) is 17.1. The quantitative estimate of drug-likeness (QED) is 0.445. The molecule has 142 valence electrons. The van der Waals surface area contributed by atoms with Crippen LogP contribution < -0.4 is 0 Å². The van der Waals surface area contributed by atoms with Crippen LogP contribution in [0.5, 0.6) is 0 Å². The van der Waals surface area contributed by atoms with Gasteiger partial charge >= 0.3 is 0 Å². The first-order valence-electron chi connectivity index (χ1n) is 9.21. The van der Waals surface area contributed by atoms with E-state index in [9.17, 15) is 9.59 Å². The number of carbonyl (C=O) groups excluding carboxylic acids is 2. The second-order valence-electron chi connectivity index (χ2n) is 6.99. The molecule has 0 saturated carbocycles. The Balaban J connectivity index is 1.75. The summed E-state index contributed by atoms with van der Waals surface area (Å²) in [5.41, 5.74) is 3.77. The topological polar surface area (TPSA) is 63.2 Å². The van der Waals surface area contributed by atoms with Crippen LogP contribution in [0.1, 0.15) is 58.8 Å². The Hall–Kier alpha value is -2.21. The summed E-state index contributed by atoms with van der Waals surface area (Å²) in [5, 5.41) is 0.596. The standard InChI is InChI=1S/C21H25N3O2S/c1-13-20(14(2)25)21(23-15(3)22-13)27-12-19(26)24(4)18-11-7-9-16-8-5-6-10-17(16)18/h5-6,8,10,18H,7,9,11-12H2,1-4H3/t18-/m0/s1. The number of rotatable bonds is 5. The van der Waals surface area contributed by atoms with Crippen LogP contribution in [0, 0.1) is 13.8 Å². The van der Waals surface area contributed by atoms with Gasteiger partial charge in [0.25, 0.3) is 0 Å². The molecule has 0 radical (unpaired) electrons. The molecular weight excluding hydrogens is 358 g/mol. The summed E-state index contributed by atoms with van der Waals surface area (Å²) in [6, 6.07) is 8.49. The third-order valence-electron chi connectivity index (χ3n) is 5.05. The molecule has 0 spiro atoms. The van der Waals surface area contributed by atoms with Gasteiger partial charge in [-0.2, -0.15) is 0 Å². The van der Waals surface area contributed by atoms with Crippen molar-refractivity contribution in [3.05, 3.63) is 52.5 Å². The van der Waals surface area contributed by atoms with Gasteiger partial charge in [0, 0.05) is 7.05 Å². The lowest BCUT2D eigenvalue weighted by atomic mass is 9.87. The highest BCUT2D eigenvalue weighted by molar-refractivity contribution is 8.00. The molecular formula is C21H25N3O2S. The van der Waals surface area contributed by atoms with Gasteiger partial charge in [-0.25, -0.2) is 9.97 Å². The molecule has 1 amide bonds. The smallest absolute Gasteiger partial charge is 0.233 e. The minimum atomic E-state index is -0.0722. The number of fused-ring (bicyclic) bond motifs is 1. The van der Waals surface area contributed by atoms with Crippen LogP contribution in [-0.4, -0.2) is 39.4 Å². The van der Waals surface area contributed by atoms with Crippen molar-refractivity contribution in [3.63, 3.8) is 0 Å². The molecule has 1 aromatic carbocycles. The molecule has 3 rings (SSSR count). The third kappa shape index (κ3) is 4.21. The van der Waals surface area contributed by atoms with Crippen LogP contribution in [0.4, 0.5) is 0 Å². The Morgan fingerprint density at radius 1 is 1.22 bits per heavy atom. The summed E-state index contributed by atoms with van der Waals surface area (Å²) in [6.07, 6.45) is 3.14. The molecule has 0 unspecified atom stereocenters. The van der Waals surface area contributed by atoms with Crippen molar-refractivity contribution in [2.24, 2.45) is 0 Å². The number of carbonyl (C=O) groups is 2. The molecule has 0 bridgehead atoms. The lowest BCUT2D eigenvalue weighted by Gasteiger charge is -2.33. The number of nitrogens with zero attached hydrogens (tertiary/aromatic N) is 3. The van der Waals surface area contributed by atoms with Crippen molar-refractivity contribution in [2.75, 3.05) is 12.8 Å². The van der Waals surface area contributed by atoms with Crippen LogP contribution >= 0.6 is 11.8 Å². The van der Waals surface area contributed by atoms with E-state index in [1.807, 2.05) is 24.9 Å². The summed E-state index contributed by atoms with van der Waals surface area (Å²) in [6.45, 7) is 5.12. The van der Waals surface area contributed by atoms with Crippen LogP contribution in [0.25, 0.3) is 0 Å². The Labute approximate surface area is 164 Å². The molecule has 0 fully saturated rings. The average Bonchev–Trinajstić information content (AvgIpc) is 2.64. The number of hydrogen-bond donors (Lipinski definition) is 0. The summed E-state index contributed by atoms with van der Waals surface area (Å²) in [5.74, 6) is 0.842. The molecule has 1 aromatic heterocycles. The molecule has 0 aliphatic heterocycles. The van der Waals surface area contributed by atoms with Gasteiger partial charge in [0.1, 0.15) is 10.9 Å². The normalized spacial score (nSPS) is 15.9. The van der Waals surface area contributed by atoms with Gasteiger partial charge in [0.05, 0.1) is 23.1 Å². The lowest BCUT2D eigenvalue weighted by molar-refractivity contribution is -0.129. The zero-order valence-electron chi connectivity index (χ0n) is 16.3. The molecule has 2 aromatic rings. The maximum absolute atomic E-state index is 12.9. The van der Waals surface area contributed by atoms with Gasteiger partial charge in [-0.15, -0.1) is 0 Å². The Bertz CT molecular complexity index is 882. The van der Waals surface area contributed by atoms with Gasteiger partial charge in [0.2, 0.25) is 5.91 Å². The fourth-order valence-corrected chi connectivity index (χ4v) is 4.82. The first kappa shape index (κ1) is 19.5. The van der Waals surface area contributed by atoms with Crippen molar-refractivity contribution in [1.82, 2.24) is 14.9 Å². The summed E-state index contributed by atoms with van der Waals surface area (Å²) < 4.78 is 0. The number of thioether (sulfide) groups is 1. The zero-order chi connectivity index (χ0) is 19.6. The van der Waals surface area contributed by atoms with E-state index in [0.29, 0.717) is 22.1 Å². The summed E-state index contributed by atoms with van der Waals surface area (Å²) in [7, 11) is 1.87. The monoisotopic (exact) mass is 383 g/mol. The van der Waals surface area contributed by atoms with E-state index >= 15 is 0 Å². The van der Waals surface area contributed by atoms with Gasteiger partial charge in [0.15, 0.2) is 5.78 Å². The van der Waals surface area contributed by atoms with Crippen molar-refractivity contribution in [3.8, 4) is 0 Å². The van der Waals surface area contributed by atoms with Crippen molar-refractivity contribution >= 4 is 23.5 Å². The van der Waals surface area contributed by atoms with Crippen molar-refractivity contribution in [1.29, 1.82) is 0 Å². The van der Waals surface area contributed by atoms with Gasteiger partial charge in [-0.3, -0.25) is 9.59 Å². The maximum Gasteiger partial charge on any atom is 0.233 e. The second kappa shape index (κ2) is 8.21. The molecule has 6 heteroatoms. The number of ketones is 1. The minimum absolute atomic E-state index is 0.0464. The van der Waals surface area contributed by atoms with Crippen molar-refractivity contribution < 1.29 is 9.59 Å². The van der Waals surface area contributed by atoms with E-state index in [1.54, 1.807) is 6.92 Å². The van der Waals surface area contributed by atoms with E-state index < -0.39 is 0 Å². The molecule has 1 aliphatic rings. The number of hydrogen-bond acceptors (Lipinski definition) is 5. The fourth-order valence-electron chi connectivity index (χ4n) is 3.73. The highest BCUT2D eigenvalue weighted by atomic mass is 32.2. The molecule has 27 heavy (non-hydrogen) atoms. The Morgan fingerprint density at radius 2 is 1.96 bits per heavy atom.